The quantitative estimate of drug-likeness (QED) is 0.325. The fourth-order valence-electron chi connectivity index (χ4n) is 2.77. The van der Waals surface area contributed by atoms with Gasteiger partial charge >= 0.3 is 0 Å². The highest BCUT2D eigenvalue weighted by atomic mass is 32.2. The molecular weight excluding hydrogens is 300 g/mol. The van der Waals surface area contributed by atoms with Gasteiger partial charge in [0.1, 0.15) is 0 Å². The van der Waals surface area contributed by atoms with Gasteiger partial charge in [0, 0.05) is 0 Å². The van der Waals surface area contributed by atoms with E-state index in [2.05, 4.69) is 19.9 Å². The van der Waals surface area contributed by atoms with E-state index in [0.29, 0.717) is 12.5 Å². The van der Waals surface area contributed by atoms with Crippen molar-refractivity contribution < 1.29 is 17.3 Å². The Labute approximate surface area is 136 Å². The van der Waals surface area contributed by atoms with Crippen molar-refractivity contribution in [1.82, 2.24) is 0 Å². The largest absolute Gasteiger partial charge is 0.373 e. The van der Waals surface area contributed by atoms with Crippen LogP contribution in [0.5, 0.6) is 0 Å². The third kappa shape index (κ3) is 8.91. The summed E-state index contributed by atoms with van der Waals surface area (Å²) in [6.07, 6.45) is 13.1. The van der Waals surface area contributed by atoms with E-state index in [1.807, 2.05) is 0 Å². The van der Waals surface area contributed by atoms with Crippen molar-refractivity contribution in [2.75, 3.05) is 19.5 Å². The van der Waals surface area contributed by atoms with Gasteiger partial charge in [-0.1, -0.05) is 64.9 Å². The van der Waals surface area contributed by atoms with Crippen molar-refractivity contribution >= 4 is 10.1 Å². The molecular formula is C17H32O4S. The van der Waals surface area contributed by atoms with Crippen molar-refractivity contribution in [1.29, 1.82) is 0 Å². The lowest BCUT2D eigenvalue weighted by Crippen LogP contribution is -2.27. The van der Waals surface area contributed by atoms with Gasteiger partial charge in [-0.05, 0) is 17.9 Å². The molecule has 22 heavy (non-hydrogen) atoms. The molecule has 0 unspecified atom stereocenters. The first-order valence-electron chi connectivity index (χ1n) is 8.59. The average molecular weight is 333 g/mol. The topological polar surface area (TPSA) is 52.6 Å². The van der Waals surface area contributed by atoms with Crippen LogP contribution in [0.15, 0.2) is 11.6 Å². The number of ether oxygens (including phenoxy) is 1. The molecule has 0 radical (unpaired) electrons. The number of unbranched alkanes of at least 4 members (excludes halogenated alkanes) is 6. The molecule has 1 aliphatic rings. The van der Waals surface area contributed by atoms with Crippen LogP contribution in [0.3, 0.4) is 0 Å². The minimum absolute atomic E-state index is 0.0218. The Hall–Kier alpha value is -0.390. The molecule has 1 aliphatic heterocycles. The third-order valence-corrected chi connectivity index (χ3v) is 4.53. The Kier molecular flexibility index (Phi) is 9.29. The van der Waals surface area contributed by atoms with Gasteiger partial charge in [-0.2, -0.15) is 8.42 Å². The smallest absolute Gasteiger partial charge is 0.264 e. The van der Waals surface area contributed by atoms with Crippen LogP contribution >= 0.6 is 0 Å². The molecule has 0 fully saturated rings. The summed E-state index contributed by atoms with van der Waals surface area (Å²) in [7, 11) is -3.40. The highest BCUT2D eigenvalue weighted by Gasteiger charge is 2.22. The van der Waals surface area contributed by atoms with Crippen LogP contribution in [-0.2, 0) is 19.0 Å². The molecule has 4 nitrogen and oxygen atoms in total. The van der Waals surface area contributed by atoms with Crippen LogP contribution in [0.25, 0.3) is 0 Å². The van der Waals surface area contributed by atoms with E-state index in [0.717, 1.165) is 24.7 Å². The Morgan fingerprint density at radius 1 is 1.18 bits per heavy atom. The van der Waals surface area contributed by atoms with Gasteiger partial charge in [-0.25, -0.2) is 0 Å². The van der Waals surface area contributed by atoms with Gasteiger partial charge in [-0.15, -0.1) is 0 Å². The van der Waals surface area contributed by atoms with Crippen LogP contribution in [0.2, 0.25) is 0 Å². The molecule has 0 aromatic carbocycles. The minimum Gasteiger partial charge on any atom is -0.373 e. The average Bonchev–Trinajstić information content (AvgIpc) is 2.45. The van der Waals surface area contributed by atoms with E-state index in [9.17, 15) is 8.42 Å². The summed E-state index contributed by atoms with van der Waals surface area (Å²) in [4.78, 5) is 0. The summed E-state index contributed by atoms with van der Waals surface area (Å²) in [6, 6.07) is 0. The fourth-order valence-corrected chi connectivity index (χ4v) is 3.12. The van der Waals surface area contributed by atoms with Crippen LogP contribution in [0.4, 0.5) is 0 Å². The van der Waals surface area contributed by atoms with E-state index in [1.165, 1.54) is 38.5 Å². The zero-order chi connectivity index (χ0) is 16.4. The molecule has 1 rings (SSSR count). The lowest BCUT2D eigenvalue weighted by Gasteiger charge is -2.27. The van der Waals surface area contributed by atoms with Crippen LogP contribution in [-0.4, -0.2) is 34.0 Å². The second-order valence-electron chi connectivity index (χ2n) is 6.42. The Morgan fingerprint density at radius 3 is 2.45 bits per heavy atom. The molecule has 2 atom stereocenters. The molecule has 1 heterocycles. The van der Waals surface area contributed by atoms with Crippen molar-refractivity contribution in [3.8, 4) is 0 Å². The predicted molar refractivity (Wildman–Crippen MR) is 90.4 cm³/mol. The monoisotopic (exact) mass is 332 g/mol. The standard InChI is InChI=1S/C17H32O4S/c1-4-5-6-7-8-9-10-11-17-16(12-15(2)13-20-17)14-21-22(3,18)19/h12,15,17H,4-11,13-14H2,1-3H3/t15-,17+/m1/s1. The summed E-state index contributed by atoms with van der Waals surface area (Å²) in [5.74, 6) is 0.323. The normalized spacial score (nSPS) is 22.6. The van der Waals surface area contributed by atoms with E-state index in [4.69, 9.17) is 8.92 Å². The highest BCUT2D eigenvalue weighted by molar-refractivity contribution is 7.85. The first kappa shape index (κ1) is 19.7. The predicted octanol–water partition coefficient (Wildman–Crippen LogP) is 4.06. The zero-order valence-corrected chi connectivity index (χ0v) is 15.2. The summed E-state index contributed by atoms with van der Waals surface area (Å²) in [6.45, 7) is 5.14. The molecule has 0 saturated heterocycles. The number of rotatable bonds is 11. The molecule has 5 heteroatoms. The van der Waals surface area contributed by atoms with E-state index < -0.39 is 10.1 Å². The second-order valence-corrected chi connectivity index (χ2v) is 8.06. The van der Waals surface area contributed by atoms with Gasteiger partial charge in [0.05, 0.1) is 25.6 Å². The minimum atomic E-state index is -3.40. The maximum Gasteiger partial charge on any atom is 0.264 e. The molecule has 0 spiro atoms. The van der Waals surface area contributed by atoms with Gasteiger partial charge in [0.2, 0.25) is 0 Å². The van der Waals surface area contributed by atoms with E-state index >= 15 is 0 Å². The van der Waals surface area contributed by atoms with Crippen LogP contribution in [0, 0.1) is 5.92 Å². The molecule has 0 N–H and O–H groups in total. The van der Waals surface area contributed by atoms with Gasteiger partial charge in [-0.3, -0.25) is 4.18 Å². The molecule has 0 aliphatic carbocycles. The Bertz CT molecular complexity index is 428. The summed E-state index contributed by atoms with van der Waals surface area (Å²) in [5, 5.41) is 0. The fraction of sp³-hybridized carbons (Fsp3) is 0.882. The molecule has 0 aromatic heterocycles. The van der Waals surface area contributed by atoms with Gasteiger partial charge < -0.3 is 4.74 Å². The van der Waals surface area contributed by atoms with E-state index in [1.54, 1.807) is 0 Å². The summed E-state index contributed by atoms with van der Waals surface area (Å²) < 4.78 is 33.1. The first-order chi connectivity index (χ1) is 10.4. The first-order valence-corrected chi connectivity index (χ1v) is 10.4. The third-order valence-electron chi connectivity index (χ3n) is 3.98. The van der Waals surface area contributed by atoms with Crippen molar-refractivity contribution in [3.05, 3.63) is 11.6 Å². The maximum absolute atomic E-state index is 11.2. The molecule has 0 bridgehead atoms. The van der Waals surface area contributed by atoms with Crippen molar-refractivity contribution in [2.24, 2.45) is 5.92 Å². The lowest BCUT2D eigenvalue weighted by molar-refractivity contribution is 0.0379. The van der Waals surface area contributed by atoms with Crippen molar-refractivity contribution in [3.63, 3.8) is 0 Å². The SMILES string of the molecule is CCCCCCCCC[C@@H]1OC[C@H](C)C=C1COS(C)(=O)=O. The maximum atomic E-state index is 11.2. The van der Waals surface area contributed by atoms with Gasteiger partial charge in [0.15, 0.2) is 0 Å². The zero-order valence-electron chi connectivity index (χ0n) is 14.3. The summed E-state index contributed by atoms with van der Waals surface area (Å²) in [5.41, 5.74) is 0.982. The van der Waals surface area contributed by atoms with Crippen molar-refractivity contribution in [2.45, 2.75) is 71.3 Å². The summed E-state index contributed by atoms with van der Waals surface area (Å²) >= 11 is 0. The van der Waals surface area contributed by atoms with Crippen LogP contribution < -0.4 is 0 Å². The molecule has 0 amide bonds. The second kappa shape index (κ2) is 10.4. The molecule has 0 aromatic rings. The number of hydrogen-bond acceptors (Lipinski definition) is 4. The Balaban J connectivity index is 2.31. The van der Waals surface area contributed by atoms with E-state index in [-0.39, 0.29) is 12.7 Å². The number of hydrogen-bond donors (Lipinski definition) is 0. The van der Waals surface area contributed by atoms with Gasteiger partial charge in [0.25, 0.3) is 10.1 Å². The van der Waals surface area contributed by atoms with Crippen LogP contribution in [0.1, 0.15) is 65.2 Å². The molecule has 0 saturated carbocycles. The highest BCUT2D eigenvalue weighted by Crippen LogP contribution is 2.24. The lowest BCUT2D eigenvalue weighted by atomic mass is 9.96. The Morgan fingerprint density at radius 2 is 1.82 bits per heavy atom. The molecule has 130 valence electrons.